The Balaban J connectivity index is 2.75. The highest BCUT2D eigenvalue weighted by atomic mass is 19.3. The largest absolute Gasteiger partial charge is 0.370 e. The van der Waals surface area contributed by atoms with Crippen LogP contribution < -0.4 is 11.5 Å². The van der Waals surface area contributed by atoms with Gasteiger partial charge in [-0.25, -0.2) is 8.78 Å². The lowest BCUT2D eigenvalue weighted by Gasteiger charge is -2.10. The molecule has 1 rings (SSSR count). The Hall–Kier alpha value is -1.49. The van der Waals surface area contributed by atoms with Gasteiger partial charge in [0.25, 0.3) is 6.43 Å². The molecule has 0 heterocycles. The topological polar surface area (TPSA) is 69.1 Å². The van der Waals surface area contributed by atoms with Gasteiger partial charge in [-0.1, -0.05) is 24.3 Å². The van der Waals surface area contributed by atoms with Gasteiger partial charge in [0.05, 0.1) is 0 Å². The van der Waals surface area contributed by atoms with Crippen molar-refractivity contribution in [2.45, 2.75) is 18.9 Å². The van der Waals surface area contributed by atoms with E-state index in [1.54, 1.807) is 0 Å². The fourth-order valence-electron chi connectivity index (χ4n) is 1.22. The molecule has 0 aromatic heterocycles. The van der Waals surface area contributed by atoms with Gasteiger partial charge in [0.15, 0.2) is 0 Å². The van der Waals surface area contributed by atoms with Crippen molar-refractivity contribution >= 4 is 5.91 Å². The molecule has 15 heavy (non-hydrogen) atoms. The number of alkyl halides is 2. The van der Waals surface area contributed by atoms with Crippen LogP contribution in [0.5, 0.6) is 0 Å². The highest BCUT2D eigenvalue weighted by Gasteiger charge is 2.11. The van der Waals surface area contributed by atoms with Gasteiger partial charge in [-0.05, 0) is 5.56 Å². The maximum atomic E-state index is 12.2. The molecule has 0 aliphatic carbocycles. The van der Waals surface area contributed by atoms with Gasteiger partial charge in [-0.15, -0.1) is 0 Å². The predicted molar refractivity (Wildman–Crippen MR) is 52.1 cm³/mol. The van der Waals surface area contributed by atoms with Crippen LogP contribution in [0.25, 0.3) is 0 Å². The number of hydrogen-bond donors (Lipinski definition) is 2. The molecule has 0 unspecified atom stereocenters. The van der Waals surface area contributed by atoms with Gasteiger partial charge in [-0.2, -0.15) is 0 Å². The summed E-state index contributed by atoms with van der Waals surface area (Å²) in [4.78, 5) is 10.6. The third-order valence-corrected chi connectivity index (χ3v) is 2.04. The molecule has 1 atom stereocenters. The minimum absolute atomic E-state index is 0.00796. The Bertz CT molecular complexity index is 338. The third kappa shape index (κ3) is 3.28. The van der Waals surface area contributed by atoms with E-state index in [1.807, 2.05) is 0 Å². The fourth-order valence-corrected chi connectivity index (χ4v) is 1.22. The molecule has 4 N–H and O–H groups in total. The summed E-state index contributed by atoms with van der Waals surface area (Å²) >= 11 is 0. The molecule has 1 aromatic rings. The van der Waals surface area contributed by atoms with E-state index in [0.29, 0.717) is 5.56 Å². The van der Waals surface area contributed by atoms with Crippen LogP contribution in [0.2, 0.25) is 0 Å². The number of hydrogen-bond acceptors (Lipinski definition) is 2. The zero-order chi connectivity index (χ0) is 11.4. The molecule has 0 bridgehead atoms. The molecule has 0 aliphatic heterocycles. The first-order valence-electron chi connectivity index (χ1n) is 4.42. The number of nitrogens with two attached hydrogens (primary N) is 2. The van der Waals surface area contributed by atoms with E-state index in [-0.39, 0.29) is 12.0 Å². The average Bonchev–Trinajstić information content (AvgIpc) is 2.17. The SMILES string of the molecule is NC(=O)C[C@@H](N)c1ccc(C(F)F)cc1. The minimum Gasteiger partial charge on any atom is -0.370 e. The van der Waals surface area contributed by atoms with Crippen LogP contribution in [-0.2, 0) is 4.79 Å². The van der Waals surface area contributed by atoms with Crippen molar-refractivity contribution in [1.82, 2.24) is 0 Å². The van der Waals surface area contributed by atoms with E-state index in [2.05, 4.69) is 0 Å². The average molecular weight is 214 g/mol. The quantitative estimate of drug-likeness (QED) is 0.797. The van der Waals surface area contributed by atoms with Crippen molar-refractivity contribution < 1.29 is 13.6 Å². The molecule has 1 amide bonds. The van der Waals surface area contributed by atoms with Crippen molar-refractivity contribution in [2.24, 2.45) is 11.5 Å². The predicted octanol–water partition coefficient (Wildman–Crippen LogP) is 1.50. The van der Waals surface area contributed by atoms with Crippen molar-refractivity contribution in [1.29, 1.82) is 0 Å². The molecular formula is C10H12F2N2O. The minimum atomic E-state index is -2.49. The van der Waals surface area contributed by atoms with Crippen LogP contribution in [0.15, 0.2) is 24.3 Å². The Morgan fingerprint density at radius 2 is 1.67 bits per heavy atom. The molecule has 0 aliphatic rings. The molecule has 3 nitrogen and oxygen atoms in total. The zero-order valence-electron chi connectivity index (χ0n) is 7.99. The summed E-state index contributed by atoms with van der Waals surface area (Å²) in [6.07, 6.45) is -2.49. The van der Waals surface area contributed by atoms with Crippen molar-refractivity contribution in [3.63, 3.8) is 0 Å². The van der Waals surface area contributed by atoms with Crippen LogP contribution >= 0.6 is 0 Å². The molecule has 0 spiro atoms. The van der Waals surface area contributed by atoms with Crippen molar-refractivity contribution in [2.75, 3.05) is 0 Å². The van der Waals surface area contributed by atoms with Crippen molar-refractivity contribution in [3.05, 3.63) is 35.4 Å². The number of carbonyl (C=O) groups excluding carboxylic acids is 1. The summed E-state index contributed by atoms with van der Waals surface area (Å²) in [6.45, 7) is 0. The second-order valence-corrected chi connectivity index (χ2v) is 3.24. The lowest BCUT2D eigenvalue weighted by Crippen LogP contribution is -2.20. The molecule has 5 heteroatoms. The van der Waals surface area contributed by atoms with E-state index >= 15 is 0 Å². The first-order chi connectivity index (χ1) is 7.00. The maximum absolute atomic E-state index is 12.2. The first-order valence-corrected chi connectivity index (χ1v) is 4.42. The Kier molecular flexibility index (Phi) is 3.74. The summed E-state index contributed by atoms with van der Waals surface area (Å²) in [5, 5.41) is 0. The molecule has 1 aromatic carbocycles. The first kappa shape index (κ1) is 11.6. The van der Waals surface area contributed by atoms with Gasteiger partial charge in [0.2, 0.25) is 5.91 Å². The fraction of sp³-hybridized carbons (Fsp3) is 0.300. The monoisotopic (exact) mass is 214 g/mol. The van der Waals surface area contributed by atoms with Crippen LogP contribution in [0.3, 0.4) is 0 Å². The number of carbonyl (C=O) groups is 1. The number of halogens is 2. The Morgan fingerprint density at radius 1 is 1.20 bits per heavy atom. The summed E-state index contributed by atoms with van der Waals surface area (Å²) < 4.78 is 24.4. The van der Waals surface area contributed by atoms with Crippen molar-refractivity contribution in [3.8, 4) is 0 Å². The second kappa shape index (κ2) is 4.84. The highest BCUT2D eigenvalue weighted by molar-refractivity contribution is 5.74. The maximum Gasteiger partial charge on any atom is 0.263 e. The third-order valence-electron chi connectivity index (χ3n) is 2.04. The van der Waals surface area contributed by atoms with Crippen LogP contribution in [0.1, 0.15) is 30.0 Å². The lowest BCUT2D eigenvalue weighted by atomic mass is 10.0. The number of rotatable bonds is 4. The lowest BCUT2D eigenvalue weighted by molar-refractivity contribution is -0.118. The van der Waals surface area contributed by atoms with E-state index in [1.165, 1.54) is 24.3 Å². The summed E-state index contributed by atoms with van der Waals surface area (Å²) in [5.41, 5.74) is 11.2. The number of benzene rings is 1. The molecular weight excluding hydrogens is 202 g/mol. The van der Waals surface area contributed by atoms with E-state index in [9.17, 15) is 13.6 Å². The Morgan fingerprint density at radius 3 is 2.07 bits per heavy atom. The van der Waals surface area contributed by atoms with Crippen LogP contribution in [0.4, 0.5) is 8.78 Å². The molecule has 0 saturated heterocycles. The Labute approximate surface area is 86.1 Å². The van der Waals surface area contributed by atoms with Gasteiger partial charge < -0.3 is 11.5 Å². The molecule has 0 fully saturated rings. The van der Waals surface area contributed by atoms with Gasteiger partial charge >= 0.3 is 0 Å². The summed E-state index contributed by atoms with van der Waals surface area (Å²) in [6, 6.07) is 5.01. The number of primary amides is 1. The normalized spacial score (nSPS) is 12.8. The molecule has 0 saturated carbocycles. The van der Waals surface area contributed by atoms with E-state index < -0.39 is 18.4 Å². The zero-order valence-corrected chi connectivity index (χ0v) is 7.99. The van der Waals surface area contributed by atoms with Gasteiger partial charge in [-0.3, -0.25) is 4.79 Å². The molecule has 82 valence electrons. The van der Waals surface area contributed by atoms with Crippen LogP contribution in [-0.4, -0.2) is 5.91 Å². The standard InChI is InChI=1S/C10H12F2N2O/c11-10(12)7-3-1-6(2-4-7)8(13)5-9(14)15/h1-4,8,10H,5,13H2,(H2,14,15)/t8-/m1/s1. The van der Waals surface area contributed by atoms with Crippen LogP contribution in [0, 0.1) is 0 Å². The number of amides is 1. The van der Waals surface area contributed by atoms with E-state index in [4.69, 9.17) is 11.5 Å². The summed E-state index contributed by atoms with van der Waals surface area (Å²) in [5.74, 6) is -0.513. The van der Waals surface area contributed by atoms with Gasteiger partial charge in [0.1, 0.15) is 0 Å². The molecule has 0 radical (unpaired) electrons. The van der Waals surface area contributed by atoms with E-state index in [0.717, 1.165) is 0 Å². The smallest absolute Gasteiger partial charge is 0.263 e. The summed E-state index contributed by atoms with van der Waals surface area (Å²) in [7, 11) is 0. The highest BCUT2D eigenvalue weighted by Crippen LogP contribution is 2.21. The van der Waals surface area contributed by atoms with Gasteiger partial charge in [0, 0.05) is 18.0 Å². The second-order valence-electron chi connectivity index (χ2n) is 3.24.